The Kier molecular flexibility index (Phi) is 6.28. The van der Waals surface area contributed by atoms with Crippen LogP contribution in [0.1, 0.15) is 22.4 Å². The number of nitrogen functional groups attached to an aromatic ring is 1. The number of benzene rings is 1. The number of hydrogen-bond donors (Lipinski definition) is 3. The molecule has 1 aliphatic rings. The maximum atomic E-state index is 12.5. The van der Waals surface area contributed by atoms with Gasteiger partial charge in [0.25, 0.3) is 5.91 Å². The van der Waals surface area contributed by atoms with E-state index in [0.29, 0.717) is 33.0 Å². The molecule has 2 aromatic heterocycles. The number of carbonyl (C=O) groups excluding carboxylic acids is 1. The van der Waals surface area contributed by atoms with Crippen molar-refractivity contribution in [3.8, 4) is 0 Å². The van der Waals surface area contributed by atoms with E-state index >= 15 is 0 Å². The van der Waals surface area contributed by atoms with Crippen molar-refractivity contribution in [2.45, 2.75) is 13.8 Å². The number of amides is 1. The molecular weight excluding hydrogens is 412 g/mol. The zero-order valence-electron chi connectivity index (χ0n) is 17.6. The lowest BCUT2D eigenvalue weighted by molar-refractivity contribution is 0.103. The first-order valence-corrected chi connectivity index (χ1v) is 11.0. The molecule has 1 saturated heterocycles. The molecular formula is C21H26N8OS. The van der Waals surface area contributed by atoms with E-state index in [4.69, 9.17) is 5.73 Å². The van der Waals surface area contributed by atoms with Crippen LogP contribution in [0.5, 0.6) is 0 Å². The molecule has 1 amide bonds. The Morgan fingerprint density at radius 1 is 1.19 bits per heavy atom. The molecule has 0 unspecified atom stereocenters. The molecule has 4 N–H and O–H groups in total. The van der Waals surface area contributed by atoms with Gasteiger partial charge in [-0.3, -0.25) is 4.79 Å². The molecule has 0 spiro atoms. The van der Waals surface area contributed by atoms with Crippen LogP contribution >= 0.6 is 11.3 Å². The van der Waals surface area contributed by atoms with Crippen molar-refractivity contribution in [3.63, 3.8) is 0 Å². The fourth-order valence-corrected chi connectivity index (χ4v) is 4.13. The molecule has 0 radical (unpaired) electrons. The number of likely N-dealkylation sites (N-methyl/N-ethyl adjacent to an activating group) is 1. The summed E-state index contributed by atoms with van der Waals surface area (Å²) in [6.07, 6.45) is 1.54. The van der Waals surface area contributed by atoms with E-state index in [1.54, 1.807) is 18.3 Å². The number of thiazole rings is 1. The third kappa shape index (κ3) is 5.09. The molecule has 3 heterocycles. The molecule has 31 heavy (non-hydrogen) atoms. The number of aryl methyl sites for hydroxylation is 1. The molecule has 10 heteroatoms. The first kappa shape index (κ1) is 21.0. The predicted octanol–water partition coefficient (Wildman–Crippen LogP) is 2.96. The summed E-state index contributed by atoms with van der Waals surface area (Å²) in [7, 11) is 0. The molecule has 0 saturated carbocycles. The molecule has 9 nitrogen and oxygen atoms in total. The third-order valence-electron chi connectivity index (χ3n) is 5.14. The van der Waals surface area contributed by atoms with Crippen LogP contribution in [0.3, 0.4) is 0 Å². The Hall–Kier alpha value is -3.24. The van der Waals surface area contributed by atoms with Gasteiger partial charge in [0.15, 0.2) is 5.13 Å². The summed E-state index contributed by atoms with van der Waals surface area (Å²) in [6, 6.07) is 9.08. The minimum Gasteiger partial charge on any atom is -0.397 e. The molecule has 1 fully saturated rings. The van der Waals surface area contributed by atoms with Crippen LogP contribution in [0.25, 0.3) is 0 Å². The summed E-state index contributed by atoms with van der Waals surface area (Å²) in [5, 5.41) is 6.61. The predicted molar refractivity (Wildman–Crippen MR) is 125 cm³/mol. The number of carbonyl (C=O) groups is 1. The summed E-state index contributed by atoms with van der Waals surface area (Å²) in [5.41, 5.74) is 6.99. The second kappa shape index (κ2) is 9.27. The fourth-order valence-electron chi connectivity index (χ4n) is 3.41. The number of piperazine rings is 1. The topological polar surface area (TPSA) is 112 Å². The highest BCUT2D eigenvalue weighted by molar-refractivity contribution is 7.17. The fraction of sp³-hybridized carbons (Fsp3) is 0.333. The lowest BCUT2D eigenvalue weighted by Gasteiger charge is -2.34. The summed E-state index contributed by atoms with van der Waals surface area (Å²) < 4.78 is 0. The van der Waals surface area contributed by atoms with E-state index in [-0.39, 0.29) is 5.91 Å². The quantitative estimate of drug-likeness (QED) is 0.504. The van der Waals surface area contributed by atoms with Crippen LogP contribution < -0.4 is 21.3 Å². The van der Waals surface area contributed by atoms with E-state index in [0.717, 1.165) is 38.5 Å². The van der Waals surface area contributed by atoms with Crippen molar-refractivity contribution in [2.24, 2.45) is 0 Å². The van der Waals surface area contributed by atoms with Gasteiger partial charge in [-0.2, -0.15) is 0 Å². The van der Waals surface area contributed by atoms with Crippen molar-refractivity contribution >= 4 is 45.4 Å². The Labute approximate surface area is 185 Å². The Morgan fingerprint density at radius 2 is 1.97 bits per heavy atom. The van der Waals surface area contributed by atoms with E-state index in [1.807, 2.05) is 25.1 Å². The SMILES string of the molecule is CCN1CCN(c2cc(Nc3ncc(C(=O)Nc4ccccc4N)s3)nc(C)n2)CC1. The highest BCUT2D eigenvalue weighted by Gasteiger charge is 2.18. The van der Waals surface area contributed by atoms with Crippen LogP contribution in [0, 0.1) is 6.92 Å². The molecule has 0 aliphatic carbocycles. The van der Waals surface area contributed by atoms with E-state index in [9.17, 15) is 4.79 Å². The van der Waals surface area contributed by atoms with Gasteiger partial charge in [0.2, 0.25) is 0 Å². The van der Waals surface area contributed by atoms with E-state index in [2.05, 4.69) is 42.3 Å². The number of nitrogens with zero attached hydrogens (tertiary/aromatic N) is 5. The van der Waals surface area contributed by atoms with Crippen LogP contribution in [0.15, 0.2) is 36.5 Å². The van der Waals surface area contributed by atoms with Gasteiger partial charge in [-0.25, -0.2) is 15.0 Å². The summed E-state index contributed by atoms with van der Waals surface area (Å²) in [4.78, 5) is 31.1. The highest BCUT2D eigenvalue weighted by atomic mass is 32.1. The van der Waals surface area contributed by atoms with Gasteiger partial charge in [-0.05, 0) is 25.6 Å². The number of para-hydroxylation sites is 2. The molecule has 0 bridgehead atoms. The lowest BCUT2D eigenvalue weighted by atomic mass is 10.2. The van der Waals surface area contributed by atoms with Crippen LogP contribution in [0.2, 0.25) is 0 Å². The Bertz CT molecular complexity index is 1060. The summed E-state index contributed by atoms with van der Waals surface area (Å²) in [5.74, 6) is 2.00. The first-order valence-electron chi connectivity index (χ1n) is 10.2. The average Bonchev–Trinajstić information content (AvgIpc) is 3.23. The number of aromatic nitrogens is 3. The maximum Gasteiger partial charge on any atom is 0.267 e. The largest absolute Gasteiger partial charge is 0.397 e. The minimum absolute atomic E-state index is 0.253. The zero-order valence-corrected chi connectivity index (χ0v) is 18.4. The first-order chi connectivity index (χ1) is 15.0. The van der Waals surface area contributed by atoms with Crippen LogP contribution in [-0.4, -0.2) is 58.5 Å². The second-order valence-corrected chi connectivity index (χ2v) is 8.31. The summed E-state index contributed by atoms with van der Waals surface area (Å²) in [6.45, 7) is 9.06. The molecule has 1 aliphatic heterocycles. The van der Waals surface area contributed by atoms with Crippen molar-refractivity contribution in [1.29, 1.82) is 0 Å². The maximum absolute atomic E-state index is 12.5. The van der Waals surface area contributed by atoms with Gasteiger partial charge in [-0.1, -0.05) is 30.4 Å². The van der Waals surface area contributed by atoms with Gasteiger partial charge in [0.1, 0.15) is 22.3 Å². The third-order valence-corrected chi connectivity index (χ3v) is 6.05. The Morgan fingerprint density at radius 3 is 2.71 bits per heavy atom. The van der Waals surface area contributed by atoms with Crippen LogP contribution in [-0.2, 0) is 0 Å². The average molecular weight is 439 g/mol. The van der Waals surface area contributed by atoms with Crippen LogP contribution in [0.4, 0.5) is 28.1 Å². The van der Waals surface area contributed by atoms with Crippen molar-refractivity contribution < 1.29 is 4.79 Å². The monoisotopic (exact) mass is 438 g/mol. The van der Waals surface area contributed by atoms with Gasteiger partial charge in [0, 0.05) is 32.2 Å². The van der Waals surface area contributed by atoms with Crippen molar-refractivity contribution in [3.05, 3.63) is 47.2 Å². The molecule has 0 atom stereocenters. The number of nitrogens with one attached hydrogen (secondary N) is 2. The number of rotatable bonds is 6. The normalized spacial score (nSPS) is 14.5. The zero-order chi connectivity index (χ0) is 21.8. The lowest BCUT2D eigenvalue weighted by Crippen LogP contribution is -2.46. The molecule has 162 valence electrons. The van der Waals surface area contributed by atoms with Gasteiger partial charge in [-0.15, -0.1) is 0 Å². The van der Waals surface area contributed by atoms with E-state index < -0.39 is 0 Å². The minimum atomic E-state index is -0.253. The molecule has 4 rings (SSSR count). The molecule has 3 aromatic rings. The van der Waals surface area contributed by atoms with Gasteiger partial charge < -0.3 is 26.2 Å². The smallest absolute Gasteiger partial charge is 0.267 e. The number of hydrogen-bond acceptors (Lipinski definition) is 9. The summed E-state index contributed by atoms with van der Waals surface area (Å²) >= 11 is 1.26. The Balaban J connectivity index is 1.44. The van der Waals surface area contributed by atoms with Crippen molar-refractivity contribution in [2.75, 3.05) is 54.0 Å². The van der Waals surface area contributed by atoms with Gasteiger partial charge in [0.05, 0.1) is 17.6 Å². The van der Waals surface area contributed by atoms with Gasteiger partial charge >= 0.3 is 0 Å². The molecule has 1 aromatic carbocycles. The van der Waals surface area contributed by atoms with Crippen molar-refractivity contribution in [1.82, 2.24) is 19.9 Å². The second-order valence-electron chi connectivity index (χ2n) is 7.28. The van der Waals surface area contributed by atoms with E-state index in [1.165, 1.54) is 11.3 Å². The highest BCUT2D eigenvalue weighted by Crippen LogP contribution is 2.26. The standard InChI is InChI=1S/C21H26N8OS/c1-3-28-8-10-29(11-9-28)19-12-18(24-14(2)25-19)27-21-23-13-17(31-21)20(30)26-16-7-5-4-6-15(16)22/h4-7,12-13H,3,8-11,22H2,1-2H3,(H,26,30)(H,23,24,25,27). The number of nitrogens with two attached hydrogens (primary N) is 1. The number of anilines is 5.